The highest BCUT2D eigenvalue weighted by Crippen LogP contribution is 2.38. The van der Waals surface area contributed by atoms with Crippen LogP contribution in [-0.4, -0.2) is 19.5 Å². The highest BCUT2D eigenvalue weighted by atomic mass is 19.4. The first-order valence-electron chi connectivity index (χ1n) is 6.45. The maximum Gasteiger partial charge on any atom is 0.416 e. The normalized spacial score (nSPS) is 11.6. The van der Waals surface area contributed by atoms with E-state index in [1.165, 1.54) is 31.5 Å². The Morgan fingerprint density at radius 2 is 1.82 bits per heavy atom. The number of aliphatic imine (C=N–C) groups is 1. The molecule has 22 heavy (non-hydrogen) atoms. The van der Waals surface area contributed by atoms with E-state index in [-0.39, 0.29) is 11.3 Å². The SMILES string of the molecule is C=C(c1ccc(OC)cc1N=Cc1ccccc1)C(F)(F)F. The molecule has 0 bridgehead atoms. The van der Waals surface area contributed by atoms with E-state index in [0.29, 0.717) is 5.75 Å². The summed E-state index contributed by atoms with van der Waals surface area (Å²) in [7, 11) is 1.44. The molecule has 5 heteroatoms. The average Bonchev–Trinajstić information content (AvgIpc) is 2.52. The van der Waals surface area contributed by atoms with Gasteiger partial charge in [0.2, 0.25) is 0 Å². The lowest BCUT2D eigenvalue weighted by atomic mass is 10.0. The van der Waals surface area contributed by atoms with Crippen LogP contribution in [0, 0.1) is 0 Å². The molecule has 0 unspecified atom stereocenters. The van der Waals surface area contributed by atoms with Gasteiger partial charge in [0.25, 0.3) is 0 Å². The Bertz CT molecular complexity index is 691. The molecule has 0 saturated heterocycles. The standard InChI is InChI=1S/C17H14F3NO/c1-12(17(18,19)20)15-9-8-14(22-2)10-16(15)21-11-13-6-4-3-5-7-13/h3-11H,1H2,2H3. The molecule has 0 heterocycles. The van der Waals surface area contributed by atoms with Gasteiger partial charge in [0.05, 0.1) is 18.4 Å². The van der Waals surface area contributed by atoms with Crippen LogP contribution in [0.3, 0.4) is 0 Å². The summed E-state index contributed by atoms with van der Waals surface area (Å²) in [6.45, 7) is 3.13. The van der Waals surface area contributed by atoms with E-state index in [1.54, 1.807) is 0 Å². The van der Waals surface area contributed by atoms with Gasteiger partial charge in [0, 0.05) is 17.8 Å². The Morgan fingerprint density at radius 3 is 2.41 bits per heavy atom. The Labute approximate surface area is 126 Å². The first kappa shape index (κ1) is 15.8. The third-order valence-corrected chi connectivity index (χ3v) is 3.02. The molecule has 0 atom stereocenters. The molecule has 0 spiro atoms. The summed E-state index contributed by atoms with van der Waals surface area (Å²) in [4.78, 5) is 4.15. The van der Waals surface area contributed by atoms with Crippen molar-refractivity contribution in [2.75, 3.05) is 7.11 Å². The van der Waals surface area contributed by atoms with E-state index < -0.39 is 11.7 Å². The fraction of sp³-hybridized carbons (Fsp3) is 0.118. The molecule has 0 N–H and O–H groups in total. The topological polar surface area (TPSA) is 21.6 Å². The Morgan fingerprint density at radius 1 is 1.14 bits per heavy atom. The molecule has 2 nitrogen and oxygen atoms in total. The number of alkyl halides is 3. The van der Waals surface area contributed by atoms with Gasteiger partial charge in [-0.05, 0) is 17.7 Å². The fourth-order valence-corrected chi connectivity index (χ4v) is 1.84. The summed E-state index contributed by atoms with van der Waals surface area (Å²) >= 11 is 0. The van der Waals surface area contributed by atoms with Crippen LogP contribution in [0.15, 0.2) is 60.1 Å². The molecule has 2 aromatic rings. The third-order valence-electron chi connectivity index (χ3n) is 3.02. The number of hydrogen-bond donors (Lipinski definition) is 0. The number of halogens is 3. The number of hydrogen-bond acceptors (Lipinski definition) is 2. The van der Waals surface area contributed by atoms with Crippen molar-refractivity contribution in [3.8, 4) is 5.75 Å². The smallest absolute Gasteiger partial charge is 0.416 e. The predicted octanol–water partition coefficient (Wildman–Crippen LogP) is 5.02. The van der Waals surface area contributed by atoms with Crippen molar-refractivity contribution in [3.63, 3.8) is 0 Å². The second-order valence-corrected chi connectivity index (χ2v) is 4.53. The Kier molecular flexibility index (Phi) is 4.65. The number of methoxy groups -OCH3 is 1. The van der Waals surface area contributed by atoms with Gasteiger partial charge in [-0.15, -0.1) is 0 Å². The van der Waals surface area contributed by atoms with Crippen molar-refractivity contribution in [2.24, 2.45) is 4.99 Å². The highest BCUT2D eigenvalue weighted by Gasteiger charge is 2.34. The second-order valence-electron chi connectivity index (χ2n) is 4.53. The molecular weight excluding hydrogens is 291 g/mol. The molecular formula is C17H14F3NO. The summed E-state index contributed by atoms with van der Waals surface area (Å²) in [5.74, 6) is 0.430. The second kappa shape index (κ2) is 6.47. The van der Waals surface area contributed by atoms with E-state index in [4.69, 9.17) is 4.74 Å². The summed E-state index contributed by atoms with van der Waals surface area (Å²) in [6, 6.07) is 13.3. The van der Waals surface area contributed by atoms with Gasteiger partial charge in [0.15, 0.2) is 0 Å². The molecule has 2 rings (SSSR count). The van der Waals surface area contributed by atoms with Crippen molar-refractivity contribution >= 4 is 17.5 Å². The number of nitrogens with zero attached hydrogens (tertiary/aromatic N) is 1. The largest absolute Gasteiger partial charge is 0.497 e. The zero-order chi connectivity index (χ0) is 16.2. The van der Waals surface area contributed by atoms with Crippen LogP contribution in [0.4, 0.5) is 18.9 Å². The van der Waals surface area contributed by atoms with Crippen molar-refractivity contribution in [1.82, 2.24) is 0 Å². The Balaban J connectivity index is 2.43. The van der Waals surface area contributed by atoms with Crippen LogP contribution in [0.5, 0.6) is 5.75 Å². The maximum absolute atomic E-state index is 12.9. The minimum Gasteiger partial charge on any atom is -0.497 e. The lowest BCUT2D eigenvalue weighted by Crippen LogP contribution is -2.09. The van der Waals surface area contributed by atoms with Crippen molar-refractivity contribution < 1.29 is 17.9 Å². The number of ether oxygens (including phenoxy) is 1. The summed E-state index contributed by atoms with van der Waals surface area (Å²) in [5.41, 5.74) is -0.0599. The molecule has 0 aromatic heterocycles. The Hall–Kier alpha value is -2.56. The molecule has 0 amide bonds. The minimum absolute atomic E-state index is 0.0690. The third kappa shape index (κ3) is 3.75. The molecule has 0 radical (unpaired) electrons. The zero-order valence-electron chi connectivity index (χ0n) is 11.9. The molecule has 114 valence electrons. The van der Waals surface area contributed by atoms with Gasteiger partial charge in [0.1, 0.15) is 5.75 Å². The molecule has 0 fully saturated rings. The number of benzene rings is 2. The number of rotatable bonds is 4. The van der Waals surface area contributed by atoms with Crippen molar-refractivity contribution in [3.05, 3.63) is 66.2 Å². The van der Waals surface area contributed by atoms with Crippen LogP contribution in [0.1, 0.15) is 11.1 Å². The van der Waals surface area contributed by atoms with Crippen molar-refractivity contribution in [1.29, 1.82) is 0 Å². The molecule has 0 aliphatic heterocycles. The minimum atomic E-state index is -4.51. The summed E-state index contributed by atoms with van der Waals surface area (Å²) in [6.07, 6.45) is -3.01. The van der Waals surface area contributed by atoms with Gasteiger partial charge in [-0.3, -0.25) is 4.99 Å². The molecule has 2 aromatic carbocycles. The van der Waals surface area contributed by atoms with Gasteiger partial charge in [-0.1, -0.05) is 36.9 Å². The quantitative estimate of drug-likeness (QED) is 0.727. The van der Waals surface area contributed by atoms with E-state index in [0.717, 1.165) is 5.56 Å². The van der Waals surface area contributed by atoms with Crippen LogP contribution in [0.2, 0.25) is 0 Å². The fourth-order valence-electron chi connectivity index (χ4n) is 1.84. The summed E-state index contributed by atoms with van der Waals surface area (Å²) < 4.78 is 43.7. The molecule has 0 aliphatic carbocycles. The van der Waals surface area contributed by atoms with Crippen LogP contribution in [-0.2, 0) is 0 Å². The van der Waals surface area contributed by atoms with E-state index in [1.807, 2.05) is 30.3 Å². The van der Waals surface area contributed by atoms with E-state index in [2.05, 4.69) is 11.6 Å². The van der Waals surface area contributed by atoms with E-state index in [9.17, 15) is 13.2 Å². The van der Waals surface area contributed by atoms with Gasteiger partial charge in [-0.2, -0.15) is 13.2 Å². The number of allylic oxidation sites excluding steroid dienone is 1. The highest BCUT2D eigenvalue weighted by molar-refractivity contribution is 5.85. The van der Waals surface area contributed by atoms with Crippen LogP contribution in [0.25, 0.3) is 5.57 Å². The predicted molar refractivity (Wildman–Crippen MR) is 81.8 cm³/mol. The first-order valence-corrected chi connectivity index (χ1v) is 6.45. The van der Waals surface area contributed by atoms with Crippen LogP contribution < -0.4 is 4.74 Å². The van der Waals surface area contributed by atoms with E-state index >= 15 is 0 Å². The molecule has 0 aliphatic rings. The zero-order valence-corrected chi connectivity index (χ0v) is 11.9. The van der Waals surface area contributed by atoms with Gasteiger partial charge < -0.3 is 4.74 Å². The van der Waals surface area contributed by atoms with Crippen molar-refractivity contribution in [2.45, 2.75) is 6.18 Å². The lowest BCUT2D eigenvalue weighted by Gasteiger charge is -2.13. The summed E-state index contributed by atoms with van der Waals surface area (Å²) in [5, 5.41) is 0. The van der Waals surface area contributed by atoms with Gasteiger partial charge >= 0.3 is 6.18 Å². The van der Waals surface area contributed by atoms with Gasteiger partial charge in [-0.25, -0.2) is 0 Å². The molecule has 0 saturated carbocycles. The first-order chi connectivity index (χ1) is 10.4. The average molecular weight is 305 g/mol. The van der Waals surface area contributed by atoms with Crippen LogP contribution >= 0.6 is 0 Å². The maximum atomic E-state index is 12.9. The lowest BCUT2D eigenvalue weighted by molar-refractivity contribution is -0.0686. The monoisotopic (exact) mass is 305 g/mol.